The van der Waals surface area contributed by atoms with Gasteiger partial charge in [-0.15, -0.1) is 16.4 Å². The van der Waals surface area contributed by atoms with Gasteiger partial charge >= 0.3 is 12.1 Å². The van der Waals surface area contributed by atoms with E-state index in [-0.39, 0.29) is 12.4 Å². The molecule has 0 radical (unpaired) electrons. The fourth-order valence-corrected chi connectivity index (χ4v) is 3.39. The Morgan fingerprint density at radius 2 is 1.93 bits per heavy atom. The van der Waals surface area contributed by atoms with Crippen molar-refractivity contribution < 1.29 is 22.8 Å². The average molecular weight is 435 g/mol. The third kappa shape index (κ3) is 4.26. The molecule has 0 saturated carbocycles. The van der Waals surface area contributed by atoms with E-state index in [0.717, 1.165) is 4.88 Å². The van der Waals surface area contributed by atoms with Gasteiger partial charge in [0, 0.05) is 17.3 Å². The number of hydrogen-bond acceptors (Lipinski definition) is 10. The molecule has 154 valence electrons. The second-order valence-electron chi connectivity index (χ2n) is 5.88. The molecule has 0 spiro atoms. The van der Waals surface area contributed by atoms with Crippen LogP contribution in [0.3, 0.4) is 0 Å². The number of halogens is 3. The summed E-state index contributed by atoms with van der Waals surface area (Å²) in [5.74, 6) is -0.580. The highest BCUT2D eigenvalue weighted by molar-refractivity contribution is 7.15. The molecule has 0 aliphatic rings. The maximum atomic E-state index is 12.7. The summed E-state index contributed by atoms with van der Waals surface area (Å²) in [6.45, 7) is 0.0534. The molecule has 4 heterocycles. The van der Waals surface area contributed by atoms with E-state index in [1.165, 1.54) is 23.7 Å². The van der Waals surface area contributed by atoms with E-state index in [1.807, 2.05) is 0 Å². The average Bonchev–Trinajstić information content (AvgIpc) is 3.42. The second-order valence-corrected chi connectivity index (χ2v) is 7.05. The number of aliphatic hydroxyl groups is 1. The number of aliphatic hydroxyl groups excluding tert-OH is 1. The topological polar surface area (TPSA) is 114 Å². The maximum Gasteiger partial charge on any atom is 0.471 e. The van der Waals surface area contributed by atoms with Crippen LogP contribution in [0.4, 0.5) is 24.8 Å². The lowest BCUT2D eigenvalue weighted by Gasteiger charge is -2.21. The van der Waals surface area contributed by atoms with Crippen molar-refractivity contribution in [1.29, 1.82) is 0 Å². The first-order chi connectivity index (χ1) is 14.4. The number of aromatic nitrogens is 6. The zero-order valence-corrected chi connectivity index (χ0v) is 15.8. The summed E-state index contributed by atoms with van der Waals surface area (Å²) in [5, 5.41) is 20.6. The molecule has 4 rings (SSSR count). The second kappa shape index (κ2) is 8.12. The van der Waals surface area contributed by atoms with Crippen molar-refractivity contribution in [2.24, 2.45) is 0 Å². The van der Waals surface area contributed by atoms with Crippen LogP contribution >= 0.6 is 11.3 Å². The Kier molecular flexibility index (Phi) is 5.37. The fourth-order valence-electron chi connectivity index (χ4n) is 2.47. The normalized spacial score (nSPS) is 11.6. The van der Waals surface area contributed by atoms with Crippen molar-refractivity contribution in [2.75, 3.05) is 4.90 Å². The molecular weight excluding hydrogens is 423 g/mol. The van der Waals surface area contributed by atoms with Crippen LogP contribution in [0, 0.1) is 0 Å². The number of alkyl halides is 3. The zero-order chi connectivity index (χ0) is 21.1. The van der Waals surface area contributed by atoms with E-state index in [9.17, 15) is 13.2 Å². The molecule has 4 aromatic heterocycles. The van der Waals surface area contributed by atoms with Gasteiger partial charge in [0.2, 0.25) is 5.82 Å². The van der Waals surface area contributed by atoms with Gasteiger partial charge in [-0.2, -0.15) is 23.3 Å². The molecule has 0 fully saturated rings. The summed E-state index contributed by atoms with van der Waals surface area (Å²) < 4.78 is 42.3. The van der Waals surface area contributed by atoms with Crippen LogP contribution in [0.2, 0.25) is 0 Å². The van der Waals surface area contributed by atoms with Crippen molar-refractivity contribution in [3.05, 3.63) is 59.3 Å². The number of rotatable bonds is 6. The summed E-state index contributed by atoms with van der Waals surface area (Å²) in [6, 6.07) is 6.66. The van der Waals surface area contributed by atoms with Crippen molar-refractivity contribution in [3.63, 3.8) is 0 Å². The Hall–Kier alpha value is -3.45. The third-order valence-corrected chi connectivity index (χ3v) is 4.90. The quantitative estimate of drug-likeness (QED) is 0.487. The Bertz CT molecular complexity index is 1120. The van der Waals surface area contributed by atoms with Gasteiger partial charge in [0.25, 0.3) is 0 Å². The monoisotopic (exact) mass is 435 g/mol. The highest BCUT2D eigenvalue weighted by Crippen LogP contribution is 2.33. The largest absolute Gasteiger partial charge is 0.471 e. The Balaban J connectivity index is 1.61. The SMILES string of the molecule is OCc1ccc(N(Cc2ccc(-c3noc(C(F)(F)F)n3)s2)c2cnccn2)nn1. The van der Waals surface area contributed by atoms with Gasteiger partial charge in [-0.3, -0.25) is 4.98 Å². The van der Waals surface area contributed by atoms with Crippen LogP contribution in [-0.2, 0) is 19.3 Å². The molecule has 13 heteroatoms. The first kappa shape index (κ1) is 19.8. The minimum absolute atomic E-state index is 0.142. The molecular formula is C17H12F3N7O2S. The van der Waals surface area contributed by atoms with Crippen LogP contribution in [0.25, 0.3) is 10.7 Å². The predicted molar refractivity (Wildman–Crippen MR) is 98.4 cm³/mol. The van der Waals surface area contributed by atoms with E-state index in [2.05, 4.69) is 34.8 Å². The summed E-state index contributed by atoms with van der Waals surface area (Å²) in [5.41, 5.74) is 0.411. The van der Waals surface area contributed by atoms with Crippen molar-refractivity contribution in [1.82, 2.24) is 30.3 Å². The van der Waals surface area contributed by atoms with Crippen LogP contribution in [0.15, 0.2) is 47.4 Å². The smallest absolute Gasteiger partial charge is 0.390 e. The van der Waals surface area contributed by atoms with Crippen LogP contribution in [-0.4, -0.2) is 35.4 Å². The molecule has 0 amide bonds. The Labute approximate surface area is 170 Å². The maximum absolute atomic E-state index is 12.7. The van der Waals surface area contributed by atoms with E-state index < -0.39 is 12.1 Å². The molecule has 0 bridgehead atoms. The Morgan fingerprint density at radius 1 is 1.07 bits per heavy atom. The number of nitrogens with zero attached hydrogens (tertiary/aromatic N) is 7. The van der Waals surface area contributed by atoms with Crippen LogP contribution in [0.1, 0.15) is 16.5 Å². The van der Waals surface area contributed by atoms with E-state index in [0.29, 0.717) is 28.8 Å². The first-order valence-electron chi connectivity index (χ1n) is 8.41. The van der Waals surface area contributed by atoms with Crippen molar-refractivity contribution >= 4 is 23.0 Å². The van der Waals surface area contributed by atoms with Gasteiger partial charge in [-0.25, -0.2) is 4.98 Å². The van der Waals surface area contributed by atoms with Crippen molar-refractivity contribution in [2.45, 2.75) is 19.3 Å². The molecule has 0 aromatic carbocycles. The van der Waals surface area contributed by atoms with Crippen LogP contribution < -0.4 is 4.90 Å². The first-order valence-corrected chi connectivity index (χ1v) is 9.22. The molecule has 0 unspecified atom stereocenters. The number of hydrogen-bond donors (Lipinski definition) is 1. The Morgan fingerprint density at radius 3 is 2.57 bits per heavy atom. The van der Waals surface area contributed by atoms with E-state index in [1.54, 1.807) is 35.4 Å². The molecule has 30 heavy (non-hydrogen) atoms. The number of thiophene rings is 1. The van der Waals surface area contributed by atoms with E-state index >= 15 is 0 Å². The molecule has 0 atom stereocenters. The molecule has 4 aromatic rings. The summed E-state index contributed by atoms with van der Waals surface area (Å²) >= 11 is 1.20. The van der Waals surface area contributed by atoms with Gasteiger partial charge in [0.15, 0.2) is 11.6 Å². The minimum Gasteiger partial charge on any atom is -0.390 e. The molecule has 0 aliphatic heterocycles. The van der Waals surface area contributed by atoms with Crippen LogP contribution in [0.5, 0.6) is 0 Å². The van der Waals surface area contributed by atoms with Gasteiger partial charge < -0.3 is 14.5 Å². The fraction of sp³-hybridized carbons (Fsp3) is 0.176. The van der Waals surface area contributed by atoms with Gasteiger partial charge in [-0.1, -0.05) is 5.16 Å². The molecule has 9 nitrogen and oxygen atoms in total. The van der Waals surface area contributed by atoms with E-state index in [4.69, 9.17) is 5.11 Å². The zero-order valence-electron chi connectivity index (χ0n) is 15.0. The summed E-state index contributed by atoms with van der Waals surface area (Å²) in [7, 11) is 0. The van der Waals surface area contributed by atoms with Gasteiger partial charge in [-0.05, 0) is 24.3 Å². The minimum atomic E-state index is -4.70. The lowest BCUT2D eigenvalue weighted by Crippen LogP contribution is -2.19. The molecule has 0 aliphatic carbocycles. The summed E-state index contributed by atoms with van der Waals surface area (Å²) in [6.07, 6.45) is -0.103. The van der Waals surface area contributed by atoms with Gasteiger partial charge in [0.1, 0.15) is 0 Å². The third-order valence-electron chi connectivity index (χ3n) is 3.83. The molecule has 0 saturated heterocycles. The molecule has 1 N–H and O–H groups in total. The summed E-state index contributed by atoms with van der Waals surface area (Å²) in [4.78, 5) is 14.7. The highest BCUT2D eigenvalue weighted by Gasteiger charge is 2.38. The number of anilines is 2. The predicted octanol–water partition coefficient (Wildman–Crippen LogP) is 3.23. The van der Waals surface area contributed by atoms with Gasteiger partial charge in [0.05, 0.1) is 29.9 Å². The standard InChI is InChI=1S/C17H12F3N7O2S/c18-17(19,20)16-23-15(26-29-16)12-3-2-11(30-12)8-27(14-7-21-5-6-22-14)13-4-1-10(9-28)24-25-13/h1-7,28H,8-9H2. The highest BCUT2D eigenvalue weighted by atomic mass is 32.1. The van der Waals surface area contributed by atoms with Crippen molar-refractivity contribution in [3.8, 4) is 10.7 Å². The lowest BCUT2D eigenvalue weighted by atomic mass is 10.3. The lowest BCUT2D eigenvalue weighted by molar-refractivity contribution is -0.159.